The number of fused-ring (bicyclic) bond motifs is 1. The van der Waals surface area contributed by atoms with Crippen molar-refractivity contribution in [3.05, 3.63) is 54.1 Å². The van der Waals surface area contributed by atoms with Gasteiger partial charge in [-0.1, -0.05) is 29.5 Å². The molecule has 4 rings (SSSR count). The minimum atomic E-state index is -3.30. The smallest absolute Gasteiger partial charge is 0.253 e. The molecule has 1 aromatic heterocycles. The fourth-order valence-corrected chi connectivity index (χ4v) is 5.13. The van der Waals surface area contributed by atoms with E-state index in [2.05, 4.69) is 10.3 Å². The summed E-state index contributed by atoms with van der Waals surface area (Å²) in [4.78, 5) is 31.6. The molecule has 0 atom stereocenters. The van der Waals surface area contributed by atoms with Gasteiger partial charge in [-0.2, -0.15) is 0 Å². The summed E-state index contributed by atoms with van der Waals surface area (Å²) in [6.45, 7) is 1.06. The summed E-state index contributed by atoms with van der Waals surface area (Å²) in [7, 11) is -3.30. The topological polar surface area (TPSA) is 96.4 Å². The van der Waals surface area contributed by atoms with Gasteiger partial charge in [0.1, 0.15) is 0 Å². The normalized spacial score (nSPS) is 15.3. The van der Waals surface area contributed by atoms with E-state index in [1.165, 1.54) is 17.4 Å². The van der Waals surface area contributed by atoms with E-state index in [0.29, 0.717) is 46.8 Å². The number of hydrogen-bond donors (Lipinski definition) is 1. The molecule has 0 radical (unpaired) electrons. The van der Waals surface area contributed by atoms with Crippen LogP contribution in [-0.4, -0.2) is 49.5 Å². The average molecular weight is 444 g/mol. The number of nitrogens with zero attached hydrogens (tertiary/aromatic N) is 2. The minimum Gasteiger partial charge on any atom is -0.339 e. The van der Waals surface area contributed by atoms with Gasteiger partial charge in [0.25, 0.3) is 5.91 Å². The third kappa shape index (κ3) is 4.36. The summed E-state index contributed by atoms with van der Waals surface area (Å²) in [5.41, 5.74) is 1.30. The number of aromatic nitrogens is 1. The molecule has 1 saturated heterocycles. The third-order valence-electron chi connectivity index (χ3n) is 5.19. The van der Waals surface area contributed by atoms with E-state index in [1.807, 2.05) is 18.2 Å². The van der Waals surface area contributed by atoms with E-state index < -0.39 is 9.84 Å². The molecule has 7 nitrogen and oxygen atoms in total. The Hall–Kier alpha value is -2.78. The summed E-state index contributed by atoms with van der Waals surface area (Å²) in [6.07, 6.45) is 2.34. The molecule has 0 saturated carbocycles. The zero-order chi connectivity index (χ0) is 21.3. The van der Waals surface area contributed by atoms with Gasteiger partial charge < -0.3 is 10.2 Å². The number of carbonyl (C=O) groups is 2. The van der Waals surface area contributed by atoms with Gasteiger partial charge in [0, 0.05) is 30.8 Å². The van der Waals surface area contributed by atoms with Gasteiger partial charge in [0.15, 0.2) is 15.0 Å². The van der Waals surface area contributed by atoms with Gasteiger partial charge in [-0.05, 0) is 43.2 Å². The Morgan fingerprint density at radius 1 is 1.10 bits per heavy atom. The lowest BCUT2D eigenvalue weighted by atomic mass is 9.95. The molecule has 2 amide bonds. The van der Waals surface area contributed by atoms with Crippen LogP contribution in [0.15, 0.2) is 53.4 Å². The Balaban J connectivity index is 1.38. The van der Waals surface area contributed by atoms with E-state index in [1.54, 1.807) is 29.2 Å². The SMILES string of the molecule is CS(=O)(=O)c1ccc2nc(NC(=O)C3CCN(C(=O)c4ccccc4)CC3)sc2c1. The number of carbonyl (C=O) groups excluding carboxylic acids is 2. The predicted molar refractivity (Wildman–Crippen MR) is 116 cm³/mol. The van der Waals surface area contributed by atoms with Crippen LogP contribution in [0.2, 0.25) is 0 Å². The Bertz CT molecular complexity index is 1200. The number of hydrogen-bond acceptors (Lipinski definition) is 6. The number of anilines is 1. The maximum Gasteiger partial charge on any atom is 0.253 e. The summed E-state index contributed by atoms with van der Waals surface area (Å²) in [5, 5.41) is 3.30. The van der Waals surface area contributed by atoms with Crippen molar-refractivity contribution in [3.63, 3.8) is 0 Å². The Kier molecular flexibility index (Phi) is 5.57. The molecule has 0 spiro atoms. The second kappa shape index (κ2) is 8.16. The first-order valence-corrected chi connectivity index (χ1v) is 12.3. The van der Waals surface area contributed by atoms with Crippen molar-refractivity contribution in [1.29, 1.82) is 0 Å². The van der Waals surface area contributed by atoms with Gasteiger partial charge in [-0.15, -0.1) is 0 Å². The fourth-order valence-electron chi connectivity index (χ4n) is 3.50. The van der Waals surface area contributed by atoms with Crippen LogP contribution in [0.3, 0.4) is 0 Å². The van der Waals surface area contributed by atoms with Crippen LogP contribution in [0.25, 0.3) is 10.2 Å². The van der Waals surface area contributed by atoms with Crippen molar-refractivity contribution in [3.8, 4) is 0 Å². The molecule has 1 fully saturated rings. The lowest BCUT2D eigenvalue weighted by Gasteiger charge is -2.31. The molecule has 0 bridgehead atoms. The molecule has 30 heavy (non-hydrogen) atoms. The van der Waals surface area contributed by atoms with E-state index >= 15 is 0 Å². The maximum atomic E-state index is 12.7. The Labute approximate surface area is 178 Å². The van der Waals surface area contributed by atoms with Crippen LogP contribution in [0, 0.1) is 5.92 Å². The van der Waals surface area contributed by atoms with Gasteiger partial charge in [-0.25, -0.2) is 13.4 Å². The van der Waals surface area contributed by atoms with Crippen LogP contribution in [0.1, 0.15) is 23.2 Å². The van der Waals surface area contributed by atoms with Crippen LogP contribution in [0.4, 0.5) is 5.13 Å². The van der Waals surface area contributed by atoms with Gasteiger partial charge in [0.2, 0.25) is 5.91 Å². The van der Waals surface area contributed by atoms with Crippen LogP contribution >= 0.6 is 11.3 Å². The van der Waals surface area contributed by atoms with Crippen LogP contribution < -0.4 is 5.32 Å². The highest BCUT2D eigenvalue weighted by molar-refractivity contribution is 7.90. The van der Waals surface area contributed by atoms with Gasteiger partial charge >= 0.3 is 0 Å². The average Bonchev–Trinajstić information content (AvgIpc) is 3.14. The highest BCUT2D eigenvalue weighted by Crippen LogP contribution is 2.29. The van der Waals surface area contributed by atoms with Crippen molar-refractivity contribution in [2.45, 2.75) is 17.7 Å². The molecule has 2 heterocycles. The molecular weight excluding hydrogens is 422 g/mol. The molecule has 156 valence electrons. The number of amides is 2. The van der Waals surface area contributed by atoms with Crippen molar-refractivity contribution >= 4 is 48.3 Å². The van der Waals surface area contributed by atoms with Crippen LogP contribution in [-0.2, 0) is 14.6 Å². The molecule has 1 aliphatic rings. The van der Waals surface area contributed by atoms with E-state index in [0.717, 1.165) is 6.26 Å². The Morgan fingerprint density at radius 2 is 1.80 bits per heavy atom. The van der Waals surface area contributed by atoms with Crippen LogP contribution in [0.5, 0.6) is 0 Å². The standard InChI is InChI=1S/C21H21N3O4S2/c1-30(27,28)16-7-8-17-18(13-16)29-21(22-17)23-19(25)14-9-11-24(12-10-14)20(26)15-5-3-2-4-6-15/h2-8,13-14H,9-12H2,1H3,(H,22,23,25). The predicted octanol–water partition coefficient (Wildman–Crippen LogP) is 3.19. The molecule has 9 heteroatoms. The second-order valence-electron chi connectivity index (χ2n) is 7.34. The van der Waals surface area contributed by atoms with Crippen molar-refractivity contribution in [2.24, 2.45) is 5.92 Å². The molecule has 0 aliphatic carbocycles. The quantitative estimate of drug-likeness (QED) is 0.668. The number of rotatable bonds is 4. The van der Waals surface area contributed by atoms with Gasteiger partial charge in [0.05, 0.1) is 15.1 Å². The number of nitrogens with one attached hydrogen (secondary N) is 1. The first-order valence-electron chi connectivity index (χ1n) is 9.57. The number of sulfone groups is 1. The van der Waals surface area contributed by atoms with Gasteiger partial charge in [-0.3, -0.25) is 9.59 Å². The lowest BCUT2D eigenvalue weighted by molar-refractivity contribution is -0.121. The molecule has 2 aromatic carbocycles. The highest BCUT2D eigenvalue weighted by Gasteiger charge is 2.28. The number of piperidine rings is 1. The van der Waals surface area contributed by atoms with Crippen molar-refractivity contribution < 1.29 is 18.0 Å². The molecule has 1 aliphatic heterocycles. The summed E-state index contributed by atoms with van der Waals surface area (Å²) in [6, 6.07) is 13.9. The number of benzene rings is 2. The second-order valence-corrected chi connectivity index (χ2v) is 10.4. The van der Waals surface area contributed by atoms with Crippen molar-refractivity contribution in [1.82, 2.24) is 9.88 Å². The van der Waals surface area contributed by atoms with Crippen molar-refractivity contribution in [2.75, 3.05) is 24.7 Å². The monoisotopic (exact) mass is 443 g/mol. The lowest BCUT2D eigenvalue weighted by Crippen LogP contribution is -2.41. The fraction of sp³-hybridized carbons (Fsp3) is 0.286. The number of likely N-dealkylation sites (tertiary alicyclic amines) is 1. The zero-order valence-electron chi connectivity index (χ0n) is 16.4. The molecule has 1 N–H and O–H groups in total. The first-order chi connectivity index (χ1) is 14.3. The highest BCUT2D eigenvalue weighted by atomic mass is 32.2. The van der Waals surface area contributed by atoms with E-state index in [-0.39, 0.29) is 22.6 Å². The zero-order valence-corrected chi connectivity index (χ0v) is 18.0. The first kappa shape index (κ1) is 20.5. The summed E-state index contributed by atoms with van der Waals surface area (Å²) < 4.78 is 24.1. The molecule has 0 unspecified atom stereocenters. The Morgan fingerprint density at radius 3 is 2.47 bits per heavy atom. The summed E-state index contributed by atoms with van der Waals surface area (Å²) in [5.74, 6) is -0.324. The van der Waals surface area contributed by atoms with E-state index in [9.17, 15) is 18.0 Å². The summed E-state index contributed by atoms with van der Waals surface area (Å²) >= 11 is 1.25. The van der Waals surface area contributed by atoms with E-state index in [4.69, 9.17) is 0 Å². The maximum absolute atomic E-state index is 12.7. The third-order valence-corrected chi connectivity index (χ3v) is 7.24. The number of thiazole rings is 1. The molecule has 3 aromatic rings. The molecular formula is C21H21N3O4S2. The minimum absolute atomic E-state index is 0.0117. The largest absolute Gasteiger partial charge is 0.339 e.